The van der Waals surface area contributed by atoms with Crippen LogP contribution in [0, 0.1) is 6.92 Å². The first-order valence-corrected chi connectivity index (χ1v) is 7.36. The van der Waals surface area contributed by atoms with Crippen molar-refractivity contribution in [2.75, 3.05) is 6.61 Å². The third kappa shape index (κ3) is 4.06. The van der Waals surface area contributed by atoms with E-state index in [1.807, 2.05) is 6.92 Å². The van der Waals surface area contributed by atoms with Crippen LogP contribution < -0.4 is 5.32 Å². The molecule has 1 fully saturated rings. The summed E-state index contributed by atoms with van der Waals surface area (Å²) in [4.78, 5) is 27.4. The molecule has 0 saturated carbocycles. The van der Waals surface area contributed by atoms with Gasteiger partial charge < -0.3 is 30.1 Å². The van der Waals surface area contributed by atoms with Gasteiger partial charge in [0.25, 0.3) is 0 Å². The van der Waals surface area contributed by atoms with Gasteiger partial charge in [-0.3, -0.25) is 4.79 Å². The molecule has 2 rings (SSSR count). The highest BCUT2D eigenvalue weighted by Crippen LogP contribution is 2.23. The summed E-state index contributed by atoms with van der Waals surface area (Å²) in [6.45, 7) is 2.42. The summed E-state index contributed by atoms with van der Waals surface area (Å²) in [5.74, 6) is -1.33. The topological polar surface area (TPSA) is 138 Å². The smallest absolute Gasteiger partial charge is 0.359 e. The average Bonchev–Trinajstić information content (AvgIpc) is 2.54. The predicted octanol–water partition coefficient (Wildman–Crippen LogP) is -1.51. The molecule has 1 unspecified atom stereocenters. The number of nitrogens with one attached hydrogen (secondary N) is 1. The second-order valence-corrected chi connectivity index (χ2v) is 5.56. The van der Waals surface area contributed by atoms with Gasteiger partial charge >= 0.3 is 5.97 Å². The number of carbonyl (C=O) groups is 2. The summed E-state index contributed by atoms with van der Waals surface area (Å²) in [6, 6.07) is 1.95. The number of carbonyl (C=O) groups excluding carboxylic acids is 2. The van der Waals surface area contributed by atoms with Crippen molar-refractivity contribution in [3.05, 3.63) is 29.6 Å². The molecular formula is C15H20N2O7. The van der Waals surface area contributed by atoms with Crippen LogP contribution in [-0.2, 0) is 14.3 Å². The fourth-order valence-corrected chi connectivity index (χ4v) is 2.33. The number of rotatable bonds is 4. The Morgan fingerprint density at radius 1 is 1.33 bits per heavy atom. The number of aliphatic hydroxyl groups is 3. The van der Waals surface area contributed by atoms with Gasteiger partial charge in [0.2, 0.25) is 12.2 Å². The number of hydrogen-bond donors (Lipinski definition) is 4. The number of nitrogens with zero attached hydrogens (tertiary/aromatic N) is 1. The van der Waals surface area contributed by atoms with E-state index in [2.05, 4.69) is 10.3 Å². The molecular weight excluding hydrogens is 320 g/mol. The van der Waals surface area contributed by atoms with Crippen LogP contribution in [-0.4, -0.2) is 69.4 Å². The minimum absolute atomic E-state index is 0.0203. The maximum absolute atomic E-state index is 12.2. The van der Waals surface area contributed by atoms with Crippen LogP contribution in [0.25, 0.3) is 0 Å². The Hall–Kier alpha value is -2.07. The van der Waals surface area contributed by atoms with Crippen LogP contribution in [0.3, 0.4) is 0 Å². The summed E-state index contributed by atoms with van der Waals surface area (Å²) in [5.41, 5.74) is 0.877. The molecule has 0 aliphatic carbocycles. The maximum atomic E-state index is 12.2. The lowest BCUT2D eigenvalue weighted by atomic mass is 9.97. The van der Waals surface area contributed by atoms with Crippen molar-refractivity contribution in [3.63, 3.8) is 0 Å². The van der Waals surface area contributed by atoms with Gasteiger partial charge in [-0.25, -0.2) is 9.78 Å². The fourth-order valence-electron chi connectivity index (χ4n) is 2.33. The number of aliphatic hydroxyl groups excluding tert-OH is 3. The van der Waals surface area contributed by atoms with Gasteiger partial charge in [-0.15, -0.1) is 0 Å². The molecule has 9 nitrogen and oxygen atoms in total. The number of ether oxygens (including phenoxy) is 2. The number of esters is 1. The van der Waals surface area contributed by atoms with E-state index in [1.54, 1.807) is 6.07 Å². The highest BCUT2D eigenvalue weighted by Gasteiger charge is 2.46. The van der Waals surface area contributed by atoms with E-state index < -0.39 is 49.1 Å². The van der Waals surface area contributed by atoms with Crippen LogP contribution in [0.4, 0.5) is 0 Å². The Morgan fingerprint density at radius 3 is 2.58 bits per heavy atom. The van der Waals surface area contributed by atoms with Gasteiger partial charge in [-0.05, 0) is 18.6 Å². The van der Waals surface area contributed by atoms with Crippen molar-refractivity contribution in [2.45, 2.75) is 44.5 Å². The van der Waals surface area contributed by atoms with Crippen molar-refractivity contribution in [1.29, 1.82) is 0 Å². The van der Waals surface area contributed by atoms with Crippen molar-refractivity contribution < 1.29 is 34.4 Å². The first-order valence-electron chi connectivity index (χ1n) is 7.36. The highest BCUT2D eigenvalue weighted by molar-refractivity contribution is 5.87. The second-order valence-electron chi connectivity index (χ2n) is 5.56. The van der Waals surface area contributed by atoms with Gasteiger partial charge in [0.15, 0.2) is 0 Å². The van der Waals surface area contributed by atoms with Gasteiger partial charge in [0.1, 0.15) is 30.0 Å². The largest absolute Gasteiger partial charge is 0.429 e. The van der Waals surface area contributed by atoms with Crippen LogP contribution in [0.5, 0.6) is 0 Å². The fraction of sp³-hybridized carbons (Fsp3) is 0.533. The Morgan fingerprint density at radius 2 is 2.04 bits per heavy atom. The highest BCUT2D eigenvalue weighted by atomic mass is 16.7. The summed E-state index contributed by atoms with van der Waals surface area (Å²) in [5, 5.41) is 31.6. The molecule has 0 aromatic carbocycles. The molecule has 1 aliphatic rings. The molecule has 24 heavy (non-hydrogen) atoms. The summed E-state index contributed by atoms with van der Waals surface area (Å²) in [6.07, 6.45) is -3.99. The van der Waals surface area contributed by atoms with E-state index in [0.29, 0.717) is 0 Å². The van der Waals surface area contributed by atoms with E-state index in [4.69, 9.17) is 9.47 Å². The van der Waals surface area contributed by atoms with Crippen LogP contribution >= 0.6 is 0 Å². The molecule has 0 bridgehead atoms. The number of pyridine rings is 1. The Labute approximate surface area is 138 Å². The molecule has 1 saturated heterocycles. The lowest BCUT2D eigenvalue weighted by Crippen LogP contribution is -2.64. The summed E-state index contributed by atoms with van der Waals surface area (Å²) in [7, 11) is 0. The Balaban J connectivity index is 2.17. The molecule has 1 aromatic rings. The molecule has 4 N–H and O–H groups in total. The molecule has 1 amide bonds. The standard InChI is InChI=1S/C15H20N2O7/c1-7-3-4-9(16-5-7)14(22)24-15-11(17-8(2)19)13(21)12(20)10(6-18)23-15/h3-5,10-13,15,18,20-21H,6H2,1-2H3,(H,17,19)/t10-,11-,12-,13-,15?/m1/s1. The normalized spacial score (nSPS) is 29.8. The van der Waals surface area contributed by atoms with E-state index in [9.17, 15) is 24.9 Å². The van der Waals surface area contributed by atoms with Crippen molar-refractivity contribution in [3.8, 4) is 0 Å². The zero-order valence-electron chi connectivity index (χ0n) is 13.2. The van der Waals surface area contributed by atoms with E-state index >= 15 is 0 Å². The first kappa shape index (κ1) is 18.3. The van der Waals surface area contributed by atoms with Crippen molar-refractivity contribution in [1.82, 2.24) is 10.3 Å². The second kappa shape index (κ2) is 7.67. The van der Waals surface area contributed by atoms with Crippen LogP contribution in [0.15, 0.2) is 18.3 Å². The minimum Gasteiger partial charge on any atom is -0.429 e. The molecule has 2 heterocycles. The SMILES string of the molecule is CC(=O)N[C@H]1C(OC(=O)c2ccc(C)cn2)O[C@H](CO)[C@@H](O)[C@@H]1O. The lowest BCUT2D eigenvalue weighted by Gasteiger charge is -2.41. The van der Waals surface area contributed by atoms with Crippen LogP contribution in [0.2, 0.25) is 0 Å². The Bertz CT molecular complexity index is 592. The predicted molar refractivity (Wildman–Crippen MR) is 79.8 cm³/mol. The van der Waals surface area contributed by atoms with Gasteiger partial charge in [0.05, 0.1) is 6.61 Å². The van der Waals surface area contributed by atoms with Crippen LogP contribution in [0.1, 0.15) is 23.0 Å². The maximum Gasteiger partial charge on any atom is 0.359 e. The molecule has 1 aliphatic heterocycles. The molecule has 132 valence electrons. The third-order valence-corrected chi connectivity index (χ3v) is 3.59. The van der Waals surface area contributed by atoms with E-state index in [1.165, 1.54) is 19.2 Å². The van der Waals surface area contributed by atoms with Crippen molar-refractivity contribution >= 4 is 11.9 Å². The minimum atomic E-state index is -1.48. The third-order valence-electron chi connectivity index (χ3n) is 3.59. The zero-order chi connectivity index (χ0) is 17.9. The number of aromatic nitrogens is 1. The average molecular weight is 340 g/mol. The molecule has 0 radical (unpaired) electrons. The molecule has 0 spiro atoms. The zero-order valence-corrected chi connectivity index (χ0v) is 13.2. The number of aryl methyl sites for hydroxylation is 1. The number of amides is 1. The summed E-state index contributed by atoms with van der Waals surface area (Å²) < 4.78 is 10.5. The quantitative estimate of drug-likeness (QED) is 0.485. The van der Waals surface area contributed by atoms with E-state index in [-0.39, 0.29) is 5.69 Å². The monoisotopic (exact) mass is 340 g/mol. The molecule has 1 aromatic heterocycles. The van der Waals surface area contributed by atoms with Gasteiger partial charge in [-0.1, -0.05) is 6.07 Å². The lowest BCUT2D eigenvalue weighted by molar-refractivity contribution is -0.253. The summed E-state index contributed by atoms with van der Waals surface area (Å²) >= 11 is 0. The Kier molecular flexibility index (Phi) is 5.84. The van der Waals surface area contributed by atoms with Crippen molar-refractivity contribution in [2.24, 2.45) is 0 Å². The van der Waals surface area contributed by atoms with Gasteiger partial charge in [-0.2, -0.15) is 0 Å². The van der Waals surface area contributed by atoms with Gasteiger partial charge in [0, 0.05) is 13.1 Å². The molecule has 9 heteroatoms. The number of hydrogen-bond acceptors (Lipinski definition) is 8. The van der Waals surface area contributed by atoms with E-state index in [0.717, 1.165) is 5.56 Å². The molecule has 5 atom stereocenters. The first-order chi connectivity index (χ1) is 11.3.